The number of anilines is 1. The van der Waals surface area contributed by atoms with Crippen LogP contribution < -0.4 is 14.8 Å². The molecule has 1 amide bonds. The molecule has 0 aliphatic rings. The lowest BCUT2D eigenvalue weighted by molar-refractivity contribution is -0.120. The molecule has 0 fully saturated rings. The second-order valence-electron chi connectivity index (χ2n) is 6.39. The van der Waals surface area contributed by atoms with Gasteiger partial charge in [0.2, 0.25) is 5.91 Å². The first kappa shape index (κ1) is 21.5. The van der Waals surface area contributed by atoms with Crippen molar-refractivity contribution in [1.29, 1.82) is 5.26 Å². The van der Waals surface area contributed by atoms with Gasteiger partial charge in [0.15, 0.2) is 11.5 Å². The van der Waals surface area contributed by atoms with Crippen LogP contribution in [0.15, 0.2) is 36.4 Å². The zero-order valence-corrected chi connectivity index (χ0v) is 17.2. The summed E-state index contributed by atoms with van der Waals surface area (Å²) in [4.78, 5) is 14.5. The summed E-state index contributed by atoms with van der Waals surface area (Å²) in [5.74, 6) is 1.23. The average Bonchev–Trinajstić information content (AvgIpc) is 2.71. The summed E-state index contributed by atoms with van der Waals surface area (Å²) < 4.78 is 10.6. The number of halogens is 1. The molecule has 0 aromatic heterocycles. The first-order valence-electron chi connectivity index (χ1n) is 8.81. The van der Waals surface area contributed by atoms with Crippen molar-refractivity contribution in [1.82, 2.24) is 4.90 Å². The van der Waals surface area contributed by atoms with Crippen LogP contribution in [0, 0.1) is 11.3 Å². The molecule has 0 radical (unpaired) electrons. The molecule has 0 heterocycles. The van der Waals surface area contributed by atoms with E-state index in [1.165, 1.54) is 0 Å². The quantitative estimate of drug-likeness (QED) is 0.729. The number of nitrogens with one attached hydrogen (secondary N) is 1. The highest BCUT2D eigenvalue weighted by atomic mass is 35.5. The zero-order chi connectivity index (χ0) is 20.7. The van der Waals surface area contributed by atoms with Crippen molar-refractivity contribution >= 4 is 23.2 Å². The van der Waals surface area contributed by atoms with Crippen molar-refractivity contribution in [3.8, 4) is 17.6 Å². The average molecular weight is 402 g/mol. The molecule has 2 aromatic carbocycles. The number of likely N-dealkylation sites (N-methyl/N-ethyl adjacent to an activating group) is 1. The highest BCUT2D eigenvalue weighted by Gasteiger charge is 2.18. The van der Waals surface area contributed by atoms with E-state index < -0.39 is 0 Å². The molecule has 1 N–H and O–H groups in total. The van der Waals surface area contributed by atoms with Crippen molar-refractivity contribution in [3.05, 3.63) is 52.5 Å². The fourth-order valence-corrected chi connectivity index (χ4v) is 2.89. The molecule has 0 aliphatic carbocycles. The lowest BCUT2D eigenvalue weighted by Crippen LogP contribution is -2.40. The van der Waals surface area contributed by atoms with Crippen LogP contribution in [0.2, 0.25) is 5.02 Å². The predicted octanol–water partition coefficient (Wildman–Crippen LogP) is 3.73. The van der Waals surface area contributed by atoms with Gasteiger partial charge in [-0.2, -0.15) is 5.26 Å². The van der Waals surface area contributed by atoms with Crippen LogP contribution in [0.1, 0.15) is 18.1 Å². The summed E-state index contributed by atoms with van der Waals surface area (Å²) >= 11 is 6.02. The van der Waals surface area contributed by atoms with Crippen molar-refractivity contribution in [2.75, 3.05) is 33.1 Å². The fraction of sp³-hybridized carbons (Fsp3) is 0.333. The molecule has 0 bridgehead atoms. The van der Waals surface area contributed by atoms with E-state index in [-0.39, 0.29) is 11.9 Å². The van der Waals surface area contributed by atoms with Crippen molar-refractivity contribution in [2.45, 2.75) is 19.4 Å². The Bertz CT molecular complexity index is 880. The van der Waals surface area contributed by atoms with Gasteiger partial charge in [0.1, 0.15) is 6.07 Å². The number of ether oxygens (including phenoxy) is 2. The Morgan fingerprint density at radius 1 is 1.21 bits per heavy atom. The van der Waals surface area contributed by atoms with E-state index in [9.17, 15) is 4.79 Å². The van der Waals surface area contributed by atoms with Gasteiger partial charge in [-0.3, -0.25) is 9.69 Å². The largest absolute Gasteiger partial charge is 0.493 e. The van der Waals surface area contributed by atoms with Crippen LogP contribution in [0.25, 0.3) is 0 Å². The minimum absolute atomic E-state index is 0.143. The number of hydrogen-bond donors (Lipinski definition) is 1. The van der Waals surface area contributed by atoms with Crippen molar-refractivity contribution in [2.24, 2.45) is 0 Å². The summed E-state index contributed by atoms with van der Waals surface area (Å²) in [6.07, 6.45) is 0.761. The number of amides is 1. The number of carbonyl (C=O) groups is 1. The molecular formula is C21H24ClN3O3. The molecule has 0 saturated heterocycles. The van der Waals surface area contributed by atoms with E-state index in [0.717, 1.165) is 12.0 Å². The minimum atomic E-state index is -0.338. The maximum absolute atomic E-state index is 12.5. The van der Waals surface area contributed by atoms with E-state index in [0.29, 0.717) is 34.3 Å². The van der Waals surface area contributed by atoms with Crippen LogP contribution in [-0.2, 0) is 11.2 Å². The van der Waals surface area contributed by atoms with Gasteiger partial charge in [0, 0.05) is 12.2 Å². The maximum atomic E-state index is 12.5. The van der Waals surface area contributed by atoms with E-state index in [1.807, 2.05) is 43.1 Å². The Balaban J connectivity index is 1.94. The second kappa shape index (κ2) is 9.98. The summed E-state index contributed by atoms with van der Waals surface area (Å²) in [6.45, 7) is 2.54. The number of carbonyl (C=O) groups excluding carboxylic acids is 1. The second-order valence-corrected chi connectivity index (χ2v) is 6.80. The lowest BCUT2D eigenvalue weighted by Gasteiger charge is -2.24. The van der Waals surface area contributed by atoms with E-state index in [1.54, 1.807) is 32.4 Å². The van der Waals surface area contributed by atoms with Gasteiger partial charge in [-0.15, -0.1) is 0 Å². The van der Waals surface area contributed by atoms with Crippen LogP contribution in [0.5, 0.6) is 11.5 Å². The number of hydrogen-bond acceptors (Lipinski definition) is 5. The summed E-state index contributed by atoms with van der Waals surface area (Å²) in [5, 5.41) is 12.1. The molecule has 7 heteroatoms. The molecular weight excluding hydrogens is 378 g/mol. The van der Waals surface area contributed by atoms with Gasteiger partial charge in [0.05, 0.1) is 30.8 Å². The Hall–Kier alpha value is -2.75. The first-order chi connectivity index (χ1) is 13.4. The number of nitriles is 1. The molecule has 28 heavy (non-hydrogen) atoms. The predicted molar refractivity (Wildman–Crippen MR) is 110 cm³/mol. The number of nitrogens with zero attached hydrogens (tertiary/aromatic N) is 2. The monoisotopic (exact) mass is 401 g/mol. The molecule has 0 saturated carbocycles. The van der Waals surface area contributed by atoms with Gasteiger partial charge in [-0.1, -0.05) is 17.7 Å². The molecule has 0 spiro atoms. The van der Waals surface area contributed by atoms with Gasteiger partial charge in [-0.25, -0.2) is 0 Å². The summed E-state index contributed by atoms with van der Waals surface area (Å²) in [5.41, 5.74) is 2.03. The third-order valence-electron chi connectivity index (χ3n) is 4.60. The Labute approximate surface area is 170 Å². The number of methoxy groups -OCH3 is 2. The van der Waals surface area contributed by atoms with Crippen LogP contribution in [0.3, 0.4) is 0 Å². The van der Waals surface area contributed by atoms with Crippen LogP contribution in [0.4, 0.5) is 5.69 Å². The Morgan fingerprint density at radius 2 is 1.93 bits per heavy atom. The molecule has 1 atom stereocenters. The molecule has 148 valence electrons. The topological polar surface area (TPSA) is 74.6 Å². The number of rotatable bonds is 8. The summed E-state index contributed by atoms with van der Waals surface area (Å²) in [7, 11) is 5.11. The SMILES string of the molecule is COc1ccc(CCN(C)[C@@H](C)C(=O)Nc2ccc(C#N)c(Cl)c2)cc1OC. The van der Waals surface area contributed by atoms with Gasteiger partial charge in [0.25, 0.3) is 0 Å². The van der Waals surface area contributed by atoms with Gasteiger partial charge < -0.3 is 14.8 Å². The van der Waals surface area contributed by atoms with E-state index in [2.05, 4.69) is 5.32 Å². The van der Waals surface area contributed by atoms with Crippen LogP contribution in [-0.4, -0.2) is 44.7 Å². The van der Waals surface area contributed by atoms with Gasteiger partial charge >= 0.3 is 0 Å². The third kappa shape index (κ3) is 5.38. The Morgan fingerprint density at radius 3 is 2.54 bits per heavy atom. The highest BCUT2D eigenvalue weighted by Crippen LogP contribution is 2.27. The Kier molecular flexibility index (Phi) is 7.68. The first-order valence-corrected chi connectivity index (χ1v) is 9.19. The normalized spacial score (nSPS) is 11.6. The van der Waals surface area contributed by atoms with Crippen molar-refractivity contribution < 1.29 is 14.3 Å². The lowest BCUT2D eigenvalue weighted by atomic mass is 10.1. The van der Waals surface area contributed by atoms with Gasteiger partial charge in [-0.05, 0) is 56.3 Å². The fourth-order valence-electron chi connectivity index (χ4n) is 2.67. The third-order valence-corrected chi connectivity index (χ3v) is 4.91. The molecule has 6 nitrogen and oxygen atoms in total. The molecule has 2 rings (SSSR count). The molecule has 0 aliphatic heterocycles. The van der Waals surface area contributed by atoms with Crippen LogP contribution >= 0.6 is 11.6 Å². The highest BCUT2D eigenvalue weighted by molar-refractivity contribution is 6.32. The van der Waals surface area contributed by atoms with E-state index in [4.69, 9.17) is 26.3 Å². The van der Waals surface area contributed by atoms with Crippen molar-refractivity contribution in [3.63, 3.8) is 0 Å². The standard InChI is InChI=1S/C21H24ClN3O3/c1-14(21(26)24-17-7-6-16(13-23)18(22)12-17)25(2)10-9-15-5-8-19(27-3)20(11-15)28-4/h5-8,11-12,14H,9-10H2,1-4H3,(H,24,26)/t14-/m0/s1. The molecule has 0 unspecified atom stereocenters. The zero-order valence-electron chi connectivity index (χ0n) is 16.5. The van der Waals surface area contributed by atoms with E-state index >= 15 is 0 Å². The summed E-state index contributed by atoms with van der Waals surface area (Å²) in [6, 6.07) is 12.3. The minimum Gasteiger partial charge on any atom is -0.493 e. The number of benzene rings is 2. The smallest absolute Gasteiger partial charge is 0.241 e. The molecule has 2 aromatic rings. The maximum Gasteiger partial charge on any atom is 0.241 e.